The lowest BCUT2D eigenvalue weighted by molar-refractivity contribution is -0.377. The first-order chi connectivity index (χ1) is 8.58. The summed E-state index contributed by atoms with van der Waals surface area (Å²) >= 11 is 0. The van der Waals surface area contributed by atoms with Crippen LogP contribution in [0, 0.1) is 0 Å². The lowest BCUT2D eigenvalue weighted by Crippen LogP contribution is -2.49. The number of halogens is 7. The third-order valence-electron chi connectivity index (χ3n) is 2.25. The second-order valence-electron chi connectivity index (χ2n) is 3.58. The van der Waals surface area contributed by atoms with Gasteiger partial charge in [0.1, 0.15) is 0 Å². The predicted molar refractivity (Wildman–Crippen MR) is 47.4 cm³/mol. The summed E-state index contributed by atoms with van der Waals surface area (Å²) in [5.41, 5.74) is -3.08. The number of hydrogen-bond acceptors (Lipinski definition) is 4. The van der Waals surface area contributed by atoms with Gasteiger partial charge in [0.25, 0.3) is 0 Å². The van der Waals surface area contributed by atoms with Gasteiger partial charge in [-0.15, -0.1) is 0 Å². The van der Waals surface area contributed by atoms with Gasteiger partial charge in [0.15, 0.2) is 5.66 Å². The molecule has 0 aromatic rings. The maximum absolute atomic E-state index is 12.5. The van der Waals surface area contributed by atoms with E-state index in [1.165, 1.54) is 6.92 Å². The molecule has 0 unspecified atom stereocenters. The normalized spacial score (nSPS) is 13.2. The Kier molecular flexibility index (Phi) is 6.49. The molecule has 0 aliphatic carbocycles. The average molecular weight is 300 g/mol. The summed E-state index contributed by atoms with van der Waals surface area (Å²) in [6.07, 6.45) is -7.29. The molecule has 0 aromatic carbocycles. The maximum atomic E-state index is 12.5. The van der Waals surface area contributed by atoms with Crippen molar-refractivity contribution in [3.63, 3.8) is 0 Å². The summed E-state index contributed by atoms with van der Waals surface area (Å²) in [6.45, 7) is 0.122. The van der Waals surface area contributed by atoms with Gasteiger partial charge >= 0.3 is 12.1 Å². The minimum Gasteiger partial charge on any atom is -0.459 e. The number of esters is 1. The van der Waals surface area contributed by atoms with E-state index in [-0.39, 0.29) is 6.42 Å². The molecule has 0 heterocycles. The molecular weight excluding hydrogens is 289 g/mol. The molecule has 0 fully saturated rings. The fourth-order valence-electron chi connectivity index (χ4n) is 1.31. The zero-order chi connectivity index (χ0) is 15.3. The zero-order valence-electron chi connectivity index (χ0n) is 9.69. The van der Waals surface area contributed by atoms with Gasteiger partial charge in [-0.3, -0.25) is 0 Å². The average Bonchev–Trinajstić information content (AvgIpc) is 2.25. The molecule has 0 amide bonds. The first kappa shape index (κ1) is 17.9. The highest BCUT2D eigenvalue weighted by Gasteiger charge is 2.47. The number of nitrogens with zero attached hydrogens (tertiary/aromatic N) is 2. The second kappa shape index (κ2) is 6.89. The van der Waals surface area contributed by atoms with Gasteiger partial charge in [-0.2, -0.15) is 13.2 Å². The number of hydrogen-bond donors (Lipinski definition) is 0. The number of carbonyl (C=O) groups is 1. The molecule has 0 aliphatic heterocycles. The zero-order valence-corrected chi connectivity index (χ0v) is 9.69. The molecule has 0 rings (SSSR count). The molecule has 0 bridgehead atoms. The van der Waals surface area contributed by atoms with Crippen LogP contribution in [0.4, 0.5) is 31.1 Å². The first-order valence-corrected chi connectivity index (χ1v) is 5.05. The van der Waals surface area contributed by atoms with Crippen LogP contribution >= 0.6 is 0 Å². The van der Waals surface area contributed by atoms with Crippen molar-refractivity contribution >= 4 is 5.97 Å². The fraction of sp³-hybridized carbons (Fsp3) is 0.875. The van der Waals surface area contributed by atoms with Crippen LogP contribution in [-0.2, 0) is 9.53 Å². The summed E-state index contributed by atoms with van der Waals surface area (Å²) < 4.78 is 88.9. The van der Waals surface area contributed by atoms with Crippen LogP contribution in [0.15, 0.2) is 0 Å². The Bertz CT molecular complexity index is 287. The SMILES string of the molecule is CCCC(CCOC(=O)C(F)(F)F)(N(F)F)N(F)F. The summed E-state index contributed by atoms with van der Waals surface area (Å²) in [7, 11) is 0. The van der Waals surface area contributed by atoms with Crippen molar-refractivity contribution in [2.75, 3.05) is 6.61 Å². The molecule has 4 nitrogen and oxygen atoms in total. The highest BCUT2D eigenvalue weighted by atomic mass is 19.4. The van der Waals surface area contributed by atoms with E-state index in [1.807, 2.05) is 0 Å². The van der Waals surface area contributed by atoms with Crippen molar-refractivity contribution in [3.8, 4) is 0 Å². The molecular formula is C8H11F7N2O2. The van der Waals surface area contributed by atoms with E-state index in [2.05, 4.69) is 4.74 Å². The minimum atomic E-state index is -5.30. The molecule has 19 heavy (non-hydrogen) atoms. The van der Waals surface area contributed by atoms with Crippen LogP contribution in [0.2, 0.25) is 0 Å². The predicted octanol–water partition coefficient (Wildman–Crippen LogP) is 3.12. The van der Waals surface area contributed by atoms with Gasteiger partial charge in [-0.25, -0.2) is 4.79 Å². The van der Waals surface area contributed by atoms with E-state index in [9.17, 15) is 35.9 Å². The number of ether oxygens (including phenoxy) is 1. The molecule has 0 aromatic heterocycles. The summed E-state index contributed by atoms with van der Waals surface area (Å²) in [5.74, 6) is -2.62. The number of carbonyl (C=O) groups excluding carboxylic acids is 1. The molecule has 0 atom stereocenters. The molecule has 114 valence electrons. The summed E-state index contributed by atoms with van der Waals surface area (Å²) in [4.78, 5) is 10.3. The van der Waals surface area contributed by atoms with Crippen molar-refractivity contribution in [1.29, 1.82) is 0 Å². The van der Waals surface area contributed by atoms with Gasteiger partial charge in [0.2, 0.25) is 0 Å². The topological polar surface area (TPSA) is 32.8 Å². The van der Waals surface area contributed by atoms with E-state index >= 15 is 0 Å². The Labute approximate surface area is 103 Å². The Morgan fingerprint density at radius 3 is 1.84 bits per heavy atom. The monoisotopic (exact) mass is 300 g/mol. The number of alkyl halides is 3. The van der Waals surface area contributed by atoms with Gasteiger partial charge in [-0.05, 0) is 6.42 Å². The van der Waals surface area contributed by atoms with E-state index in [4.69, 9.17) is 0 Å². The van der Waals surface area contributed by atoms with E-state index in [1.54, 1.807) is 0 Å². The van der Waals surface area contributed by atoms with Crippen molar-refractivity contribution < 1.29 is 40.6 Å². The van der Waals surface area contributed by atoms with E-state index < -0.39 is 47.9 Å². The van der Waals surface area contributed by atoms with Gasteiger partial charge in [-0.1, -0.05) is 31.3 Å². The highest BCUT2D eigenvalue weighted by molar-refractivity contribution is 5.75. The molecule has 0 radical (unpaired) electrons. The summed E-state index contributed by atoms with van der Waals surface area (Å²) in [6, 6.07) is 0. The van der Waals surface area contributed by atoms with E-state index in [0.717, 1.165) is 0 Å². The van der Waals surface area contributed by atoms with Crippen molar-refractivity contribution in [1.82, 2.24) is 10.7 Å². The third kappa shape index (κ3) is 4.82. The quantitative estimate of drug-likeness (QED) is 0.313. The molecule has 0 spiro atoms. The Hall–Kier alpha value is -1.10. The molecule has 0 aliphatic rings. The lowest BCUT2D eigenvalue weighted by Gasteiger charge is -2.32. The first-order valence-electron chi connectivity index (χ1n) is 5.05. The van der Waals surface area contributed by atoms with Crippen molar-refractivity contribution in [2.24, 2.45) is 0 Å². The highest BCUT2D eigenvalue weighted by Crippen LogP contribution is 2.32. The lowest BCUT2D eigenvalue weighted by atomic mass is 10.0. The van der Waals surface area contributed by atoms with Gasteiger partial charge in [0, 0.05) is 17.1 Å². The summed E-state index contributed by atoms with van der Waals surface area (Å²) in [5, 5.41) is -3.62. The Morgan fingerprint density at radius 1 is 1.05 bits per heavy atom. The number of rotatable bonds is 7. The Balaban J connectivity index is 4.64. The van der Waals surface area contributed by atoms with Gasteiger partial charge < -0.3 is 4.74 Å². The smallest absolute Gasteiger partial charge is 0.459 e. The third-order valence-corrected chi connectivity index (χ3v) is 2.25. The van der Waals surface area contributed by atoms with Crippen LogP contribution in [0.5, 0.6) is 0 Å². The van der Waals surface area contributed by atoms with Crippen LogP contribution in [-0.4, -0.2) is 35.1 Å². The van der Waals surface area contributed by atoms with Gasteiger partial charge in [0.05, 0.1) is 6.61 Å². The van der Waals surface area contributed by atoms with Crippen LogP contribution < -0.4 is 0 Å². The fourth-order valence-corrected chi connectivity index (χ4v) is 1.31. The van der Waals surface area contributed by atoms with Crippen LogP contribution in [0.25, 0.3) is 0 Å². The van der Waals surface area contributed by atoms with E-state index in [0.29, 0.717) is 0 Å². The van der Waals surface area contributed by atoms with Crippen LogP contribution in [0.1, 0.15) is 26.2 Å². The van der Waals surface area contributed by atoms with Crippen LogP contribution in [0.3, 0.4) is 0 Å². The standard InChI is InChI=1S/C8H11F7N2O2/c1-2-3-7(16(12)13,17(14)15)4-5-19-6(18)8(9,10)11/h2-5H2,1H3. The maximum Gasteiger partial charge on any atom is 0.490 e. The Morgan fingerprint density at radius 2 is 1.53 bits per heavy atom. The molecule has 0 saturated carbocycles. The minimum absolute atomic E-state index is 0.0815. The van der Waals surface area contributed by atoms with Crippen molar-refractivity contribution in [2.45, 2.75) is 38.0 Å². The second-order valence-corrected chi connectivity index (χ2v) is 3.58. The van der Waals surface area contributed by atoms with Crippen molar-refractivity contribution in [3.05, 3.63) is 0 Å². The largest absolute Gasteiger partial charge is 0.490 e. The molecule has 11 heteroatoms. The molecule has 0 N–H and O–H groups in total. The molecule has 0 saturated heterocycles.